The van der Waals surface area contributed by atoms with Crippen LogP contribution >= 0.6 is 0 Å². The summed E-state index contributed by atoms with van der Waals surface area (Å²) in [5, 5.41) is 9.99. The molecular formula is C13H28N2O. The van der Waals surface area contributed by atoms with E-state index in [-0.39, 0.29) is 5.41 Å². The van der Waals surface area contributed by atoms with E-state index >= 15 is 0 Å². The highest BCUT2D eigenvalue weighted by Crippen LogP contribution is 2.23. The molecule has 0 aromatic rings. The largest absolute Gasteiger partial charge is 0.389 e. The van der Waals surface area contributed by atoms with Gasteiger partial charge in [0.05, 0.1) is 5.60 Å². The van der Waals surface area contributed by atoms with Crippen LogP contribution in [0.15, 0.2) is 0 Å². The van der Waals surface area contributed by atoms with Gasteiger partial charge in [-0.1, -0.05) is 13.8 Å². The number of likely N-dealkylation sites (tertiary alicyclic amines) is 1. The maximum Gasteiger partial charge on any atom is 0.0746 e. The first-order valence-electron chi connectivity index (χ1n) is 6.49. The quantitative estimate of drug-likeness (QED) is 0.751. The van der Waals surface area contributed by atoms with Crippen molar-refractivity contribution < 1.29 is 5.11 Å². The van der Waals surface area contributed by atoms with Crippen molar-refractivity contribution in [2.45, 2.75) is 52.1 Å². The first-order valence-corrected chi connectivity index (χ1v) is 6.49. The van der Waals surface area contributed by atoms with E-state index in [0.29, 0.717) is 0 Å². The zero-order valence-corrected chi connectivity index (χ0v) is 11.1. The summed E-state index contributed by atoms with van der Waals surface area (Å²) in [7, 11) is 0. The standard InChI is InChI=1S/C13H28N2O/c1-12(2,10-14)6-4-8-15-9-5-7-13(3,16)11-15/h16H,4-11,14H2,1-3H3. The molecule has 0 bridgehead atoms. The lowest BCUT2D eigenvalue weighted by atomic mass is 9.87. The maximum absolute atomic E-state index is 9.99. The first-order chi connectivity index (χ1) is 7.35. The molecule has 3 N–H and O–H groups in total. The van der Waals surface area contributed by atoms with Crippen molar-refractivity contribution in [2.75, 3.05) is 26.2 Å². The van der Waals surface area contributed by atoms with E-state index in [1.54, 1.807) is 0 Å². The van der Waals surface area contributed by atoms with Gasteiger partial charge in [-0.05, 0) is 57.7 Å². The molecule has 1 fully saturated rings. The molecule has 1 atom stereocenters. The monoisotopic (exact) mass is 228 g/mol. The first kappa shape index (κ1) is 13.9. The van der Waals surface area contributed by atoms with E-state index in [4.69, 9.17) is 5.73 Å². The third kappa shape index (κ3) is 4.81. The second-order valence-electron chi connectivity index (χ2n) is 6.35. The molecule has 1 rings (SSSR count). The molecule has 1 saturated heterocycles. The van der Waals surface area contributed by atoms with Crippen LogP contribution in [-0.4, -0.2) is 41.8 Å². The Hall–Kier alpha value is -0.120. The molecule has 1 heterocycles. The molecule has 0 spiro atoms. The molecule has 0 aliphatic carbocycles. The van der Waals surface area contributed by atoms with Crippen LogP contribution in [0.1, 0.15) is 46.5 Å². The highest BCUT2D eigenvalue weighted by molar-refractivity contribution is 4.83. The van der Waals surface area contributed by atoms with Gasteiger partial charge in [-0.25, -0.2) is 0 Å². The summed E-state index contributed by atoms with van der Waals surface area (Å²) < 4.78 is 0. The number of nitrogens with two attached hydrogens (primary N) is 1. The zero-order chi connectivity index (χ0) is 12.2. The molecule has 0 saturated carbocycles. The second-order valence-corrected chi connectivity index (χ2v) is 6.35. The Morgan fingerprint density at radius 2 is 2.12 bits per heavy atom. The van der Waals surface area contributed by atoms with Gasteiger partial charge in [-0.3, -0.25) is 0 Å². The number of piperidine rings is 1. The summed E-state index contributed by atoms with van der Waals surface area (Å²) in [6, 6.07) is 0. The highest BCUT2D eigenvalue weighted by Gasteiger charge is 2.28. The number of β-amino-alcohol motifs (C(OH)–C–C–N with tert-alkyl or cyclic N) is 1. The van der Waals surface area contributed by atoms with Crippen LogP contribution in [0.2, 0.25) is 0 Å². The predicted octanol–water partition coefficient (Wildman–Crippen LogP) is 1.60. The number of aliphatic hydroxyl groups is 1. The number of rotatable bonds is 5. The van der Waals surface area contributed by atoms with Gasteiger partial charge in [-0.15, -0.1) is 0 Å². The minimum Gasteiger partial charge on any atom is -0.389 e. The van der Waals surface area contributed by atoms with Crippen molar-refractivity contribution >= 4 is 0 Å². The van der Waals surface area contributed by atoms with E-state index in [1.807, 2.05) is 6.92 Å². The Balaban J connectivity index is 2.23. The molecule has 3 nitrogen and oxygen atoms in total. The van der Waals surface area contributed by atoms with E-state index in [0.717, 1.165) is 39.0 Å². The van der Waals surface area contributed by atoms with Gasteiger partial charge in [0.2, 0.25) is 0 Å². The predicted molar refractivity (Wildman–Crippen MR) is 68.4 cm³/mol. The van der Waals surface area contributed by atoms with Crippen molar-refractivity contribution in [1.82, 2.24) is 4.90 Å². The lowest BCUT2D eigenvalue weighted by Crippen LogP contribution is -2.46. The topological polar surface area (TPSA) is 49.5 Å². The Morgan fingerprint density at radius 1 is 1.44 bits per heavy atom. The van der Waals surface area contributed by atoms with Crippen LogP contribution in [0.3, 0.4) is 0 Å². The molecule has 0 amide bonds. The van der Waals surface area contributed by atoms with Crippen LogP contribution in [0.25, 0.3) is 0 Å². The normalized spacial score (nSPS) is 28.3. The van der Waals surface area contributed by atoms with Crippen molar-refractivity contribution in [2.24, 2.45) is 11.1 Å². The van der Waals surface area contributed by atoms with Gasteiger partial charge < -0.3 is 15.7 Å². The molecule has 16 heavy (non-hydrogen) atoms. The zero-order valence-electron chi connectivity index (χ0n) is 11.1. The third-order valence-electron chi connectivity index (χ3n) is 3.63. The number of nitrogens with zero attached hydrogens (tertiary/aromatic N) is 1. The Morgan fingerprint density at radius 3 is 2.69 bits per heavy atom. The fourth-order valence-electron chi connectivity index (χ4n) is 2.40. The summed E-state index contributed by atoms with van der Waals surface area (Å²) in [6.07, 6.45) is 4.41. The van der Waals surface area contributed by atoms with Crippen molar-refractivity contribution in [3.05, 3.63) is 0 Å². The fourth-order valence-corrected chi connectivity index (χ4v) is 2.40. The van der Waals surface area contributed by atoms with Gasteiger partial charge in [0, 0.05) is 6.54 Å². The summed E-state index contributed by atoms with van der Waals surface area (Å²) in [5.74, 6) is 0. The van der Waals surface area contributed by atoms with E-state index in [2.05, 4.69) is 18.7 Å². The van der Waals surface area contributed by atoms with Gasteiger partial charge in [-0.2, -0.15) is 0 Å². The molecule has 0 aromatic heterocycles. The van der Waals surface area contributed by atoms with Crippen LogP contribution in [-0.2, 0) is 0 Å². The van der Waals surface area contributed by atoms with Crippen molar-refractivity contribution in [3.8, 4) is 0 Å². The summed E-state index contributed by atoms with van der Waals surface area (Å²) in [4.78, 5) is 2.39. The van der Waals surface area contributed by atoms with Crippen LogP contribution in [0.5, 0.6) is 0 Å². The molecule has 0 aromatic carbocycles. The average Bonchev–Trinajstić information content (AvgIpc) is 2.16. The molecule has 1 aliphatic heterocycles. The van der Waals surface area contributed by atoms with E-state index < -0.39 is 5.60 Å². The third-order valence-corrected chi connectivity index (χ3v) is 3.63. The lowest BCUT2D eigenvalue weighted by Gasteiger charge is -2.37. The van der Waals surface area contributed by atoms with Gasteiger partial charge in [0.1, 0.15) is 0 Å². The van der Waals surface area contributed by atoms with Gasteiger partial charge >= 0.3 is 0 Å². The van der Waals surface area contributed by atoms with Crippen molar-refractivity contribution in [3.63, 3.8) is 0 Å². The molecule has 1 aliphatic rings. The average molecular weight is 228 g/mol. The molecule has 0 radical (unpaired) electrons. The number of hydrogen-bond donors (Lipinski definition) is 2. The minimum absolute atomic E-state index is 0.262. The van der Waals surface area contributed by atoms with Crippen LogP contribution in [0, 0.1) is 5.41 Å². The molecular weight excluding hydrogens is 200 g/mol. The summed E-state index contributed by atoms with van der Waals surface area (Å²) >= 11 is 0. The minimum atomic E-state index is -0.471. The van der Waals surface area contributed by atoms with Gasteiger partial charge in [0.15, 0.2) is 0 Å². The molecule has 1 unspecified atom stereocenters. The van der Waals surface area contributed by atoms with Crippen LogP contribution in [0.4, 0.5) is 0 Å². The SMILES string of the molecule is CC(C)(CN)CCCN1CCCC(C)(O)C1. The van der Waals surface area contributed by atoms with Crippen molar-refractivity contribution in [1.29, 1.82) is 0 Å². The molecule has 96 valence electrons. The van der Waals surface area contributed by atoms with E-state index in [1.165, 1.54) is 12.8 Å². The lowest BCUT2D eigenvalue weighted by molar-refractivity contribution is -0.0163. The number of hydrogen-bond acceptors (Lipinski definition) is 3. The second kappa shape index (κ2) is 5.48. The Kier molecular flexibility index (Phi) is 4.77. The summed E-state index contributed by atoms with van der Waals surface area (Å²) in [5.41, 5.74) is 5.51. The smallest absolute Gasteiger partial charge is 0.0746 e. The van der Waals surface area contributed by atoms with E-state index in [9.17, 15) is 5.11 Å². The van der Waals surface area contributed by atoms with Gasteiger partial charge in [0.25, 0.3) is 0 Å². The Labute approximate surface area is 100 Å². The molecule has 3 heteroatoms. The maximum atomic E-state index is 9.99. The Bertz CT molecular complexity index is 214. The highest BCUT2D eigenvalue weighted by atomic mass is 16.3. The fraction of sp³-hybridized carbons (Fsp3) is 1.00. The summed E-state index contributed by atoms with van der Waals surface area (Å²) in [6.45, 7) is 10.2. The van der Waals surface area contributed by atoms with Crippen LogP contribution < -0.4 is 5.73 Å².